The SMILES string of the molecule is CCc1cccc(C)c1NS(=O)(=O)c1cccc(C(F)(F)F)c1. The molecule has 2 aromatic carbocycles. The Morgan fingerprint density at radius 3 is 2.35 bits per heavy atom. The zero-order chi connectivity index (χ0) is 17.3. The summed E-state index contributed by atoms with van der Waals surface area (Å²) < 4.78 is 65.5. The van der Waals surface area contributed by atoms with Crippen LogP contribution in [-0.4, -0.2) is 8.42 Å². The Kier molecular flexibility index (Phi) is 4.70. The Labute approximate surface area is 133 Å². The normalized spacial score (nSPS) is 12.2. The molecular weight excluding hydrogens is 327 g/mol. The van der Waals surface area contributed by atoms with E-state index in [0.717, 1.165) is 23.8 Å². The molecule has 23 heavy (non-hydrogen) atoms. The summed E-state index contributed by atoms with van der Waals surface area (Å²) in [6.45, 7) is 3.61. The summed E-state index contributed by atoms with van der Waals surface area (Å²) in [6.07, 6.45) is -4.00. The van der Waals surface area contributed by atoms with Gasteiger partial charge in [0.1, 0.15) is 0 Å². The first-order valence-corrected chi connectivity index (χ1v) is 8.42. The fourth-order valence-electron chi connectivity index (χ4n) is 2.20. The van der Waals surface area contributed by atoms with Crippen LogP contribution >= 0.6 is 0 Å². The van der Waals surface area contributed by atoms with Gasteiger partial charge in [-0.25, -0.2) is 8.42 Å². The van der Waals surface area contributed by atoms with Gasteiger partial charge in [-0.15, -0.1) is 0 Å². The van der Waals surface area contributed by atoms with Crippen LogP contribution in [0.3, 0.4) is 0 Å². The number of sulfonamides is 1. The number of hydrogen-bond acceptors (Lipinski definition) is 2. The number of rotatable bonds is 4. The summed E-state index contributed by atoms with van der Waals surface area (Å²) in [5.74, 6) is 0. The molecule has 1 N–H and O–H groups in total. The first-order valence-electron chi connectivity index (χ1n) is 6.93. The fraction of sp³-hybridized carbons (Fsp3) is 0.250. The summed E-state index contributed by atoms with van der Waals surface area (Å²) in [4.78, 5) is -0.419. The van der Waals surface area contributed by atoms with Crippen molar-refractivity contribution in [1.29, 1.82) is 0 Å². The van der Waals surface area contributed by atoms with Crippen LogP contribution in [0.1, 0.15) is 23.6 Å². The van der Waals surface area contributed by atoms with Crippen molar-refractivity contribution in [1.82, 2.24) is 0 Å². The number of aryl methyl sites for hydroxylation is 2. The maximum atomic E-state index is 12.8. The molecule has 7 heteroatoms. The van der Waals surface area contributed by atoms with Gasteiger partial charge in [-0.05, 0) is 42.7 Å². The van der Waals surface area contributed by atoms with E-state index >= 15 is 0 Å². The molecule has 2 aromatic rings. The molecular formula is C16H16F3NO2S. The molecule has 0 unspecified atom stereocenters. The molecule has 0 atom stereocenters. The van der Waals surface area contributed by atoms with Crippen molar-refractivity contribution in [2.75, 3.05) is 4.72 Å². The zero-order valence-electron chi connectivity index (χ0n) is 12.6. The smallest absolute Gasteiger partial charge is 0.279 e. The second kappa shape index (κ2) is 6.23. The highest BCUT2D eigenvalue weighted by Gasteiger charge is 2.31. The lowest BCUT2D eigenvalue weighted by atomic mass is 10.1. The van der Waals surface area contributed by atoms with Crippen LogP contribution in [0.4, 0.5) is 18.9 Å². The minimum absolute atomic E-state index is 0.410. The first kappa shape index (κ1) is 17.3. The van der Waals surface area contributed by atoms with Crippen LogP contribution in [0.5, 0.6) is 0 Å². The Hall–Kier alpha value is -2.02. The number of benzene rings is 2. The van der Waals surface area contributed by atoms with Crippen molar-refractivity contribution in [2.45, 2.75) is 31.3 Å². The van der Waals surface area contributed by atoms with Crippen molar-refractivity contribution in [3.8, 4) is 0 Å². The van der Waals surface area contributed by atoms with E-state index in [-0.39, 0.29) is 0 Å². The van der Waals surface area contributed by atoms with Gasteiger partial charge in [-0.2, -0.15) is 13.2 Å². The van der Waals surface area contributed by atoms with Crippen molar-refractivity contribution in [3.05, 3.63) is 59.2 Å². The highest BCUT2D eigenvalue weighted by molar-refractivity contribution is 7.92. The molecule has 0 radical (unpaired) electrons. The highest BCUT2D eigenvalue weighted by atomic mass is 32.2. The van der Waals surface area contributed by atoms with E-state index < -0.39 is 26.7 Å². The molecule has 2 rings (SSSR count). The van der Waals surface area contributed by atoms with Crippen molar-refractivity contribution in [2.24, 2.45) is 0 Å². The van der Waals surface area contributed by atoms with E-state index in [1.807, 2.05) is 6.92 Å². The molecule has 0 spiro atoms. The summed E-state index contributed by atoms with van der Waals surface area (Å²) in [5, 5.41) is 0. The number of anilines is 1. The lowest BCUT2D eigenvalue weighted by molar-refractivity contribution is -0.137. The van der Waals surface area contributed by atoms with Crippen LogP contribution in [-0.2, 0) is 22.6 Å². The molecule has 0 aliphatic rings. The Bertz CT molecular complexity index is 814. The van der Waals surface area contributed by atoms with Gasteiger partial charge < -0.3 is 0 Å². The van der Waals surface area contributed by atoms with Gasteiger partial charge in [0.05, 0.1) is 16.1 Å². The summed E-state index contributed by atoms with van der Waals surface area (Å²) in [7, 11) is -4.10. The summed E-state index contributed by atoms with van der Waals surface area (Å²) in [6, 6.07) is 9.00. The molecule has 0 saturated heterocycles. The Morgan fingerprint density at radius 1 is 1.09 bits per heavy atom. The third-order valence-corrected chi connectivity index (χ3v) is 4.80. The molecule has 124 valence electrons. The van der Waals surface area contributed by atoms with Gasteiger partial charge in [-0.3, -0.25) is 4.72 Å². The van der Waals surface area contributed by atoms with Crippen LogP contribution in [0, 0.1) is 6.92 Å². The third kappa shape index (κ3) is 3.85. The number of hydrogen-bond donors (Lipinski definition) is 1. The van der Waals surface area contributed by atoms with Crippen LogP contribution in [0.2, 0.25) is 0 Å². The van der Waals surface area contributed by atoms with E-state index in [2.05, 4.69) is 4.72 Å². The van der Waals surface area contributed by atoms with Gasteiger partial charge in [-0.1, -0.05) is 31.2 Å². The molecule has 0 fully saturated rings. The monoisotopic (exact) mass is 343 g/mol. The van der Waals surface area contributed by atoms with Crippen molar-refractivity contribution in [3.63, 3.8) is 0 Å². The lowest BCUT2D eigenvalue weighted by Crippen LogP contribution is -2.16. The van der Waals surface area contributed by atoms with Gasteiger partial charge in [0.25, 0.3) is 10.0 Å². The number of alkyl halides is 3. The molecule has 0 saturated carbocycles. The molecule has 0 aliphatic heterocycles. The quantitative estimate of drug-likeness (QED) is 0.896. The van der Waals surface area contributed by atoms with Crippen molar-refractivity contribution >= 4 is 15.7 Å². The molecule has 0 bridgehead atoms. The molecule has 0 amide bonds. The maximum absolute atomic E-state index is 12.8. The van der Waals surface area contributed by atoms with E-state index in [1.54, 1.807) is 25.1 Å². The molecule has 0 aromatic heterocycles. The first-order chi connectivity index (χ1) is 10.6. The predicted molar refractivity (Wildman–Crippen MR) is 82.8 cm³/mol. The molecule has 3 nitrogen and oxygen atoms in total. The van der Waals surface area contributed by atoms with Crippen LogP contribution in [0.15, 0.2) is 47.4 Å². The number of nitrogens with one attached hydrogen (secondary N) is 1. The van der Waals surface area contributed by atoms with Gasteiger partial charge >= 0.3 is 6.18 Å². The predicted octanol–water partition coefficient (Wildman–Crippen LogP) is 4.38. The third-order valence-electron chi connectivity index (χ3n) is 3.45. The highest BCUT2D eigenvalue weighted by Crippen LogP contribution is 2.31. The van der Waals surface area contributed by atoms with E-state index in [9.17, 15) is 21.6 Å². The topological polar surface area (TPSA) is 46.2 Å². The fourth-order valence-corrected chi connectivity index (χ4v) is 3.42. The summed E-state index contributed by atoms with van der Waals surface area (Å²) >= 11 is 0. The number of para-hydroxylation sites is 1. The second-order valence-corrected chi connectivity index (χ2v) is 6.78. The maximum Gasteiger partial charge on any atom is 0.416 e. The van der Waals surface area contributed by atoms with Crippen LogP contribution < -0.4 is 4.72 Å². The van der Waals surface area contributed by atoms with E-state index in [4.69, 9.17) is 0 Å². The van der Waals surface area contributed by atoms with Crippen molar-refractivity contribution < 1.29 is 21.6 Å². The Balaban J connectivity index is 2.45. The van der Waals surface area contributed by atoms with Gasteiger partial charge in [0.2, 0.25) is 0 Å². The lowest BCUT2D eigenvalue weighted by Gasteiger charge is -2.15. The average Bonchev–Trinajstić information content (AvgIpc) is 2.48. The van der Waals surface area contributed by atoms with Crippen LogP contribution in [0.25, 0.3) is 0 Å². The largest absolute Gasteiger partial charge is 0.416 e. The zero-order valence-corrected chi connectivity index (χ0v) is 13.4. The van der Waals surface area contributed by atoms with E-state index in [1.165, 1.54) is 0 Å². The number of halogens is 3. The molecule has 0 heterocycles. The Morgan fingerprint density at radius 2 is 1.74 bits per heavy atom. The minimum atomic E-state index is -4.59. The average molecular weight is 343 g/mol. The molecule has 0 aliphatic carbocycles. The standard InChI is InChI=1S/C16H16F3NO2S/c1-3-12-7-4-6-11(2)15(12)20-23(21,22)14-9-5-8-13(10-14)16(17,18)19/h4-10,20H,3H2,1-2H3. The minimum Gasteiger partial charge on any atom is -0.279 e. The summed E-state index contributed by atoms with van der Waals surface area (Å²) in [5.41, 5.74) is 0.897. The van der Waals surface area contributed by atoms with E-state index in [0.29, 0.717) is 23.7 Å². The van der Waals surface area contributed by atoms with Gasteiger partial charge in [0, 0.05) is 0 Å². The van der Waals surface area contributed by atoms with Gasteiger partial charge in [0.15, 0.2) is 0 Å². The second-order valence-electron chi connectivity index (χ2n) is 5.09.